The molecule has 2 bridgehead atoms. The molecule has 2 amide bonds. The van der Waals surface area contributed by atoms with Crippen LogP contribution in [0.2, 0.25) is 5.02 Å². The summed E-state index contributed by atoms with van der Waals surface area (Å²) in [5.41, 5.74) is 0.395. The minimum Gasteiger partial charge on any atom is -0.493 e. The first-order valence-corrected chi connectivity index (χ1v) is 12.1. The van der Waals surface area contributed by atoms with Crippen molar-refractivity contribution in [2.24, 2.45) is 4.99 Å². The number of aliphatic imine (C=N–C) groups is 1. The summed E-state index contributed by atoms with van der Waals surface area (Å²) in [6, 6.07) is -0.202. The molecule has 4 rings (SSSR count). The smallest absolute Gasteiger partial charge is 0.253 e. The van der Waals surface area contributed by atoms with Crippen LogP contribution in [0.15, 0.2) is 29.3 Å². The summed E-state index contributed by atoms with van der Waals surface area (Å²) in [5.74, 6) is -2.20. The summed E-state index contributed by atoms with van der Waals surface area (Å²) in [5, 5.41) is 13.4. The number of hydrogen-bond acceptors (Lipinski definition) is 8. The summed E-state index contributed by atoms with van der Waals surface area (Å²) >= 11 is 5.93. The molecule has 0 saturated carbocycles. The minimum absolute atomic E-state index is 0.0811. The highest BCUT2D eigenvalue weighted by Gasteiger charge is 2.47. The highest BCUT2D eigenvalue weighted by molar-refractivity contribution is 6.30. The number of nitrogens with one attached hydrogen (secondary N) is 1. The Bertz CT molecular complexity index is 1110. The van der Waals surface area contributed by atoms with Gasteiger partial charge in [-0.1, -0.05) is 24.6 Å². The number of halogens is 2. The molecule has 4 unspecified atom stereocenters. The molecular weight excluding hydrogens is 495 g/mol. The van der Waals surface area contributed by atoms with E-state index in [0.29, 0.717) is 18.4 Å². The number of likely N-dealkylation sites (N-methyl/N-ethyl adjacent to an activating group) is 1. The van der Waals surface area contributed by atoms with Gasteiger partial charge in [0.05, 0.1) is 30.9 Å². The number of rotatable bonds is 1. The van der Waals surface area contributed by atoms with E-state index >= 15 is 0 Å². The average Bonchev–Trinajstić information content (AvgIpc) is 3.04. The Hall–Kier alpha value is -3.02. The highest BCUT2D eigenvalue weighted by atomic mass is 35.5. The van der Waals surface area contributed by atoms with E-state index in [0.717, 1.165) is 6.07 Å². The number of carbonyl (C=O) groups excluding carboxylic acids is 3. The van der Waals surface area contributed by atoms with Gasteiger partial charge >= 0.3 is 0 Å². The molecule has 3 aliphatic heterocycles. The molecule has 0 aliphatic carbocycles. The number of amidine groups is 1. The quantitative estimate of drug-likeness (QED) is 0.529. The maximum atomic E-state index is 14.1. The van der Waals surface area contributed by atoms with Crippen molar-refractivity contribution < 1.29 is 33.4 Å². The van der Waals surface area contributed by atoms with E-state index in [1.807, 2.05) is 6.92 Å². The first kappa shape index (κ1) is 26.1. The number of ether oxygens (including phenoxy) is 2. The number of ketones is 1. The standard InChI is InChI=1S/C24H28ClFN4O6/c1-3-14-11-35-12-17-22-28-20(21(32)24(34)30(14)22)23(33)27-10-13-8-15(25)16(26)9-18(13)36-7-5-4-6-19(31)29(17)2/h4,6,8-9,14,17,20,24,34H,3,5,7,10-12H2,1-2H3,(H,27,33). The fourth-order valence-corrected chi connectivity index (χ4v) is 4.57. The Labute approximate surface area is 212 Å². The van der Waals surface area contributed by atoms with Gasteiger partial charge in [-0.15, -0.1) is 0 Å². The Morgan fingerprint density at radius 2 is 2.06 bits per heavy atom. The van der Waals surface area contributed by atoms with E-state index in [-0.39, 0.29) is 54.9 Å². The zero-order valence-corrected chi connectivity index (χ0v) is 20.7. The van der Waals surface area contributed by atoms with Crippen molar-refractivity contribution in [3.63, 3.8) is 0 Å². The van der Waals surface area contributed by atoms with Gasteiger partial charge in [-0.3, -0.25) is 14.4 Å². The molecule has 0 aromatic heterocycles. The van der Waals surface area contributed by atoms with Crippen LogP contribution >= 0.6 is 11.6 Å². The summed E-state index contributed by atoms with van der Waals surface area (Å²) in [4.78, 5) is 46.4. The van der Waals surface area contributed by atoms with Crippen molar-refractivity contribution in [1.82, 2.24) is 15.1 Å². The third-order valence-electron chi connectivity index (χ3n) is 6.48. The molecule has 0 spiro atoms. The van der Waals surface area contributed by atoms with Crippen molar-refractivity contribution in [1.29, 1.82) is 0 Å². The van der Waals surface area contributed by atoms with Gasteiger partial charge in [-0.2, -0.15) is 0 Å². The number of aliphatic hydroxyl groups is 1. The van der Waals surface area contributed by atoms with E-state index in [1.54, 1.807) is 13.1 Å². The van der Waals surface area contributed by atoms with Gasteiger partial charge in [0.1, 0.15) is 23.4 Å². The van der Waals surface area contributed by atoms with E-state index in [4.69, 9.17) is 21.1 Å². The number of nitrogens with zero attached hydrogens (tertiary/aromatic N) is 3. The molecule has 4 atom stereocenters. The van der Waals surface area contributed by atoms with Crippen LogP contribution in [0.1, 0.15) is 25.3 Å². The number of aliphatic hydroxyl groups excluding tert-OH is 1. The third kappa shape index (κ3) is 5.09. The number of hydrogen-bond donors (Lipinski definition) is 2. The summed E-state index contributed by atoms with van der Waals surface area (Å²) in [6.45, 7) is 2.22. The first-order valence-electron chi connectivity index (χ1n) is 11.7. The molecule has 1 aromatic rings. The summed E-state index contributed by atoms with van der Waals surface area (Å²) in [7, 11) is 1.56. The maximum absolute atomic E-state index is 14.1. The average molecular weight is 523 g/mol. The number of fused-ring (bicyclic) bond motifs is 2. The molecule has 1 aromatic carbocycles. The maximum Gasteiger partial charge on any atom is 0.253 e. The van der Waals surface area contributed by atoms with E-state index < -0.39 is 35.8 Å². The van der Waals surface area contributed by atoms with Crippen molar-refractivity contribution in [2.75, 3.05) is 26.9 Å². The van der Waals surface area contributed by atoms with Gasteiger partial charge in [-0.25, -0.2) is 9.38 Å². The van der Waals surface area contributed by atoms with Crippen LogP contribution in [0.5, 0.6) is 5.75 Å². The number of amides is 2. The third-order valence-corrected chi connectivity index (χ3v) is 6.77. The number of benzene rings is 1. The van der Waals surface area contributed by atoms with Crippen molar-refractivity contribution in [3.05, 3.63) is 40.7 Å². The lowest BCUT2D eigenvalue weighted by atomic mass is 10.0. The molecule has 2 N–H and O–H groups in total. The number of Topliss-reactive ketones (excluding diaryl/α,β-unsaturated/α-hetero) is 1. The van der Waals surface area contributed by atoms with Crippen LogP contribution in [-0.4, -0.2) is 89.6 Å². The van der Waals surface area contributed by atoms with Crippen LogP contribution in [0, 0.1) is 5.82 Å². The Morgan fingerprint density at radius 1 is 1.28 bits per heavy atom. The van der Waals surface area contributed by atoms with Gasteiger partial charge in [0, 0.05) is 25.2 Å². The second kappa shape index (κ2) is 10.9. The molecule has 3 aliphatic rings. The molecule has 194 valence electrons. The zero-order chi connectivity index (χ0) is 26.0. The largest absolute Gasteiger partial charge is 0.493 e. The summed E-state index contributed by atoms with van der Waals surface area (Å²) < 4.78 is 25.5. The topological polar surface area (TPSA) is 121 Å². The predicted molar refractivity (Wildman–Crippen MR) is 128 cm³/mol. The van der Waals surface area contributed by atoms with Gasteiger partial charge in [0.25, 0.3) is 5.91 Å². The zero-order valence-electron chi connectivity index (χ0n) is 19.9. The molecule has 12 heteroatoms. The van der Waals surface area contributed by atoms with Crippen LogP contribution in [-0.2, 0) is 25.7 Å². The first-order chi connectivity index (χ1) is 17.2. The molecule has 1 saturated heterocycles. The van der Waals surface area contributed by atoms with Gasteiger partial charge in [0.2, 0.25) is 11.7 Å². The molecule has 3 heterocycles. The van der Waals surface area contributed by atoms with E-state index in [1.165, 1.54) is 21.9 Å². The van der Waals surface area contributed by atoms with Crippen LogP contribution in [0.4, 0.5) is 4.39 Å². The molecule has 1 fully saturated rings. The summed E-state index contributed by atoms with van der Waals surface area (Å²) in [6.07, 6.45) is 2.27. The fraction of sp³-hybridized carbons (Fsp3) is 0.500. The highest BCUT2D eigenvalue weighted by Crippen LogP contribution is 2.28. The second-order valence-electron chi connectivity index (χ2n) is 8.77. The van der Waals surface area contributed by atoms with Crippen molar-refractivity contribution >= 4 is 35.0 Å². The van der Waals surface area contributed by atoms with Crippen molar-refractivity contribution in [3.8, 4) is 5.75 Å². The Balaban J connectivity index is 1.76. The Kier molecular flexibility index (Phi) is 7.91. The normalized spacial score (nSPS) is 27.6. The molecular formula is C24H28ClFN4O6. The monoisotopic (exact) mass is 522 g/mol. The Morgan fingerprint density at radius 3 is 2.81 bits per heavy atom. The lowest BCUT2D eigenvalue weighted by Gasteiger charge is -2.42. The fourth-order valence-electron chi connectivity index (χ4n) is 4.38. The van der Waals surface area contributed by atoms with Gasteiger partial charge in [-0.05, 0) is 25.0 Å². The lowest BCUT2D eigenvalue weighted by molar-refractivity contribution is -0.143. The van der Waals surface area contributed by atoms with Crippen LogP contribution in [0.3, 0.4) is 0 Å². The van der Waals surface area contributed by atoms with E-state index in [9.17, 15) is 23.9 Å². The van der Waals surface area contributed by atoms with Crippen LogP contribution in [0.25, 0.3) is 0 Å². The predicted octanol–water partition coefficient (Wildman–Crippen LogP) is 1.04. The lowest BCUT2D eigenvalue weighted by Crippen LogP contribution is -2.63. The molecule has 36 heavy (non-hydrogen) atoms. The van der Waals surface area contributed by atoms with Gasteiger partial charge in [0.15, 0.2) is 12.3 Å². The number of carbonyl (C=O) groups is 3. The SMILES string of the molecule is CCC1COCC2C3=NC(C(=O)NCc4cc(Cl)c(F)cc4OCCC=CC(=O)N2C)C(=O)C(O)N31. The van der Waals surface area contributed by atoms with Crippen LogP contribution < -0.4 is 10.1 Å². The van der Waals surface area contributed by atoms with E-state index in [2.05, 4.69) is 10.3 Å². The molecule has 10 nitrogen and oxygen atoms in total. The van der Waals surface area contributed by atoms with Gasteiger partial charge < -0.3 is 29.7 Å². The minimum atomic E-state index is -1.64. The molecule has 0 radical (unpaired) electrons. The van der Waals surface area contributed by atoms with Crippen molar-refractivity contribution in [2.45, 2.75) is 50.7 Å². The second-order valence-corrected chi connectivity index (χ2v) is 9.18.